The third-order valence-electron chi connectivity index (χ3n) is 3.88. The van der Waals surface area contributed by atoms with Gasteiger partial charge >= 0.3 is 0 Å². The zero-order valence-corrected chi connectivity index (χ0v) is 10.3. The van der Waals surface area contributed by atoms with E-state index in [2.05, 4.69) is 24.4 Å². The third-order valence-corrected chi connectivity index (χ3v) is 3.88. The Morgan fingerprint density at radius 1 is 1.24 bits per heavy atom. The molecule has 17 heavy (non-hydrogen) atoms. The summed E-state index contributed by atoms with van der Waals surface area (Å²) >= 11 is 0. The minimum absolute atomic E-state index is 0.106. The van der Waals surface area contributed by atoms with Crippen LogP contribution in [0, 0.1) is 18.8 Å². The van der Waals surface area contributed by atoms with Crippen molar-refractivity contribution in [3.63, 3.8) is 0 Å². The molecule has 1 aromatic carbocycles. The molecule has 1 aliphatic rings. The molecular weight excluding hydrogens is 214 g/mol. The van der Waals surface area contributed by atoms with Gasteiger partial charge in [0.2, 0.25) is 0 Å². The SMILES string of the molecule is Cc1ccccc1C1NCCC(CO)C1CO. The first-order valence-electron chi connectivity index (χ1n) is 6.28. The van der Waals surface area contributed by atoms with E-state index in [1.807, 2.05) is 12.1 Å². The number of rotatable bonds is 3. The molecule has 2 rings (SSSR count). The Kier molecular flexibility index (Phi) is 4.15. The molecule has 1 fully saturated rings. The van der Waals surface area contributed by atoms with Crippen LogP contribution in [0.25, 0.3) is 0 Å². The molecule has 0 aromatic heterocycles. The lowest BCUT2D eigenvalue weighted by molar-refractivity contribution is 0.0650. The highest BCUT2D eigenvalue weighted by atomic mass is 16.3. The molecule has 0 amide bonds. The maximum absolute atomic E-state index is 9.56. The second-order valence-corrected chi connectivity index (χ2v) is 4.87. The third kappa shape index (κ3) is 2.51. The fraction of sp³-hybridized carbons (Fsp3) is 0.571. The van der Waals surface area contributed by atoms with Crippen LogP contribution in [0.2, 0.25) is 0 Å². The van der Waals surface area contributed by atoms with Crippen LogP contribution >= 0.6 is 0 Å². The predicted octanol–water partition coefficient (Wildman–Crippen LogP) is 1.25. The molecule has 3 unspecified atom stereocenters. The Labute approximate surface area is 102 Å². The molecule has 3 nitrogen and oxygen atoms in total. The quantitative estimate of drug-likeness (QED) is 0.739. The molecular formula is C14H21NO2. The van der Waals surface area contributed by atoms with Gasteiger partial charge in [0.05, 0.1) is 0 Å². The lowest BCUT2D eigenvalue weighted by Crippen LogP contribution is -2.43. The molecule has 0 radical (unpaired) electrons. The lowest BCUT2D eigenvalue weighted by atomic mass is 9.78. The van der Waals surface area contributed by atoms with E-state index in [0.717, 1.165) is 13.0 Å². The summed E-state index contributed by atoms with van der Waals surface area (Å²) in [4.78, 5) is 0. The van der Waals surface area contributed by atoms with E-state index in [-0.39, 0.29) is 31.1 Å². The molecule has 1 saturated heterocycles. The van der Waals surface area contributed by atoms with Gasteiger partial charge < -0.3 is 15.5 Å². The number of aryl methyl sites for hydroxylation is 1. The van der Waals surface area contributed by atoms with Crippen molar-refractivity contribution in [3.8, 4) is 0 Å². The van der Waals surface area contributed by atoms with Gasteiger partial charge in [0.25, 0.3) is 0 Å². The van der Waals surface area contributed by atoms with Gasteiger partial charge in [-0.25, -0.2) is 0 Å². The number of hydrogen-bond acceptors (Lipinski definition) is 3. The lowest BCUT2D eigenvalue weighted by Gasteiger charge is -2.38. The van der Waals surface area contributed by atoms with Crippen LogP contribution in [0.3, 0.4) is 0 Å². The Morgan fingerprint density at radius 2 is 2.00 bits per heavy atom. The maximum Gasteiger partial charge on any atom is 0.0481 e. The normalized spacial score (nSPS) is 29.2. The average Bonchev–Trinajstić information content (AvgIpc) is 2.38. The summed E-state index contributed by atoms with van der Waals surface area (Å²) in [7, 11) is 0. The molecule has 3 heteroatoms. The van der Waals surface area contributed by atoms with E-state index in [1.54, 1.807) is 0 Å². The van der Waals surface area contributed by atoms with Gasteiger partial charge in [0.1, 0.15) is 0 Å². The van der Waals surface area contributed by atoms with Gasteiger partial charge in [-0.15, -0.1) is 0 Å². The fourth-order valence-corrected chi connectivity index (χ4v) is 2.82. The Morgan fingerprint density at radius 3 is 2.65 bits per heavy atom. The molecule has 94 valence electrons. The van der Waals surface area contributed by atoms with Gasteiger partial charge in [-0.3, -0.25) is 0 Å². The number of aliphatic hydroxyl groups is 2. The monoisotopic (exact) mass is 235 g/mol. The smallest absolute Gasteiger partial charge is 0.0481 e. The number of piperidine rings is 1. The first-order valence-corrected chi connectivity index (χ1v) is 6.28. The summed E-state index contributed by atoms with van der Waals surface area (Å²) in [6.45, 7) is 3.28. The summed E-state index contributed by atoms with van der Waals surface area (Å²) in [6, 6.07) is 8.41. The van der Waals surface area contributed by atoms with Crippen molar-refractivity contribution in [3.05, 3.63) is 35.4 Å². The zero-order valence-electron chi connectivity index (χ0n) is 10.3. The molecule has 0 aliphatic carbocycles. The van der Waals surface area contributed by atoms with Crippen molar-refractivity contribution in [1.82, 2.24) is 5.32 Å². The highest BCUT2D eigenvalue weighted by Crippen LogP contribution is 2.34. The van der Waals surface area contributed by atoms with E-state index in [0.29, 0.717) is 0 Å². The van der Waals surface area contributed by atoms with Crippen molar-refractivity contribution >= 4 is 0 Å². The van der Waals surface area contributed by atoms with Crippen molar-refractivity contribution in [1.29, 1.82) is 0 Å². The minimum atomic E-state index is 0.106. The minimum Gasteiger partial charge on any atom is -0.396 e. The highest BCUT2D eigenvalue weighted by Gasteiger charge is 2.33. The molecule has 3 N–H and O–H groups in total. The molecule has 1 aromatic rings. The van der Waals surface area contributed by atoms with Crippen LogP contribution in [0.1, 0.15) is 23.6 Å². The van der Waals surface area contributed by atoms with Crippen molar-refractivity contribution in [2.45, 2.75) is 19.4 Å². The van der Waals surface area contributed by atoms with Gasteiger partial charge in [-0.1, -0.05) is 24.3 Å². The van der Waals surface area contributed by atoms with E-state index >= 15 is 0 Å². The van der Waals surface area contributed by atoms with Crippen LogP contribution < -0.4 is 5.32 Å². The number of aliphatic hydroxyl groups excluding tert-OH is 2. The molecule has 1 aliphatic heterocycles. The second kappa shape index (κ2) is 5.63. The number of nitrogens with one attached hydrogen (secondary N) is 1. The Balaban J connectivity index is 2.27. The van der Waals surface area contributed by atoms with Crippen LogP contribution in [0.5, 0.6) is 0 Å². The van der Waals surface area contributed by atoms with Crippen LogP contribution in [0.15, 0.2) is 24.3 Å². The van der Waals surface area contributed by atoms with E-state index in [4.69, 9.17) is 0 Å². The van der Waals surface area contributed by atoms with Gasteiger partial charge in [-0.05, 0) is 36.9 Å². The molecule has 3 atom stereocenters. The molecule has 0 bridgehead atoms. The van der Waals surface area contributed by atoms with Gasteiger partial charge in [-0.2, -0.15) is 0 Å². The number of hydrogen-bond donors (Lipinski definition) is 3. The molecule has 1 heterocycles. The summed E-state index contributed by atoms with van der Waals surface area (Å²) in [5, 5.41) is 22.4. The van der Waals surface area contributed by atoms with Gasteiger partial charge in [0.15, 0.2) is 0 Å². The van der Waals surface area contributed by atoms with Crippen LogP contribution in [-0.4, -0.2) is 30.0 Å². The summed E-state index contributed by atoms with van der Waals surface area (Å²) < 4.78 is 0. The molecule has 0 saturated carbocycles. The van der Waals surface area contributed by atoms with E-state index < -0.39 is 0 Å². The van der Waals surface area contributed by atoms with Crippen LogP contribution in [0.4, 0.5) is 0 Å². The maximum atomic E-state index is 9.56. The van der Waals surface area contributed by atoms with Crippen molar-refractivity contribution in [2.75, 3.05) is 19.8 Å². The Hall–Kier alpha value is -0.900. The van der Waals surface area contributed by atoms with Gasteiger partial charge in [0, 0.05) is 25.2 Å². The summed E-state index contributed by atoms with van der Waals surface area (Å²) in [6.07, 6.45) is 0.935. The molecule has 0 spiro atoms. The van der Waals surface area contributed by atoms with E-state index in [1.165, 1.54) is 11.1 Å². The zero-order chi connectivity index (χ0) is 12.3. The predicted molar refractivity (Wildman–Crippen MR) is 67.7 cm³/mol. The van der Waals surface area contributed by atoms with E-state index in [9.17, 15) is 10.2 Å². The number of benzene rings is 1. The van der Waals surface area contributed by atoms with Crippen LogP contribution in [-0.2, 0) is 0 Å². The topological polar surface area (TPSA) is 52.5 Å². The first-order chi connectivity index (χ1) is 8.27. The summed E-state index contributed by atoms with van der Waals surface area (Å²) in [5.41, 5.74) is 2.48. The second-order valence-electron chi connectivity index (χ2n) is 4.87. The van der Waals surface area contributed by atoms with Crippen molar-refractivity contribution < 1.29 is 10.2 Å². The fourth-order valence-electron chi connectivity index (χ4n) is 2.82. The first kappa shape index (κ1) is 12.6. The standard InChI is InChI=1S/C14H21NO2/c1-10-4-2-3-5-12(10)14-13(9-17)11(8-16)6-7-15-14/h2-5,11,13-17H,6-9H2,1H3. The summed E-state index contributed by atoms with van der Waals surface area (Å²) in [5.74, 6) is 0.306. The highest BCUT2D eigenvalue weighted by molar-refractivity contribution is 5.29. The largest absolute Gasteiger partial charge is 0.396 e. The van der Waals surface area contributed by atoms with Crippen molar-refractivity contribution in [2.24, 2.45) is 11.8 Å². The average molecular weight is 235 g/mol. The Bertz CT molecular complexity index is 367.